The molecule has 3 heteroatoms. The first-order chi connectivity index (χ1) is 7.44. The average Bonchev–Trinajstić information content (AvgIpc) is 2.27. The Morgan fingerprint density at radius 3 is 2.38 bits per heavy atom. The molecule has 2 nitrogen and oxygen atoms in total. The van der Waals surface area contributed by atoms with Gasteiger partial charge in [-0.15, -0.1) is 0 Å². The summed E-state index contributed by atoms with van der Waals surface area (Å²) in [5, 5.41) is 10.7. The molecule has 0 fully saturated rings. The van der Waals surface area contributed by atoms with Crippen molar-refractivity contribution in [1.29, 1.82) is 0 Å². The van der Waals surface area contributed by atoms with Crippen LogP contribution in [-0.2, 0) is 4.74 Å². The van der Waals surface area contributed by atoms with Crippen LogP contribution in [0.3, 0.4) is 0 Å². The maximum absolute atomic E-state index is 9.97. The van der Waals surface area contributed by atoms with Crippen LogP contribution < -0.4 is 0 Å². The lowest BCUT2D eigenvalue weighted by molar-refractivity contribution is 0.00279. The lowest BCUT2D eigenvalue weighted by Gasteiger charge is -2.24. The van der Waals surface area contributed by atoms with Gasteiger partial charge in [0.1, 0.15) is 0 Å². The largest absolute Gasteiger partial charge is 0.388 e. The van der Waals surface area contributed by atoms with Crippen molar-refractivity contribution in [2.45, 2.75) is 38.4 Å². The molecule has 90 valence electrons. The molecular weight excluding hydrogens is 224 g/mol. The zero-order valence-corrected chi connectivity index (χ0v) is 10.8. The van der Waals surface area contributed by atoms with Gasteiger partial charge in [-0.05, 0) is 44.4 Å². The van der Waals surface area contributed by atoms with Crippen molar-refractivity contribution in [2.24, 2.45) is 0 Å². The zero-order chi connectivity index (χ0) is 12.2. The lowest BCUT2D eigenvalue weighted by Crippen LogP contribution is -2.23. The van der Waals surface area contributed by atoms with Gasteiger partial charge in [-0.3, -0.25) is 0 Å². The van der Waals surface area contributed by atoms with Crippen LogP contribution in [0.5, 0.6) is 0 Å². The first kappa shape index (κ1) is 13.5. The Bertz CT molecular complexity index is 319. The van der Waals surface area contributed by atoms with Gasteiger partial charge in [-0.25, -0.2) is 0 Å². The molecule has 1 unspecified atom stereocenters. The summed E-state index contributed by atoms with van der Waals surface area (Å²) in [7, 11) is 1.69. The minimum absolute atomic E-state index is 0.187. The van der Waals surface area contributed by atoms with E-state index in [0.29, 0.717) is 11.4 Å². The van der Waals surface area contributed by atoms with Crippen molar-refractivity contribution in [1.82, 2.24) is 0 Å². The molecule has 0 saturated heterocycles. The molecule has 0 amide bonds. The summed E-state index contributed by atoms with van der Waals surface area (Å²) >= 11 is 5.79. The number of aliphatic hydroxyl groups is 1. The molecule has 16 heavy (non-hydrogen) atoms. The molecule has 0 saturated carbocycles. The van der Waals surface area contributed by atoms with Gasteiger partial charge < -0.3 is 9.84 Å². The predicted molar refractivity (Wildman–Crippen MR) is 66.7 cm³/mol. The Morgan fingerprint density at radius 2 is 1.88 bits per heavy atom. The van der Waals surface area contributed by atoms with E-state index in [0.717, 1.165) is 12.0 Å². The molecule has 0 spiro atoms. The SMILES string of the molecule is COC(C)(C)CCC(O)c1ccc(Cl)cc1. The highest BCUT2D eigenvalue weighted by molar-refractivity contribution is 6.30. The minimum Gasteiger partial charge on any atom is -0.388 e. The molecule has 1 aromatic rings. The Morgan fingerprint density at radius 1 is 1.31 bits per heavy atom. The quantitative estimate of drug-likeness (QED) is 0.855. The fourth-order valence-corrected chi connectivity index (χ4v) is 1.56. The zero-order valence-electron chi connectivity index (χ0n) is 10.0. The fourth-order valence-electron chi connectivity index (χ4n) is 1.44. The summed E-state index contributed by atoms with van der Waals surface area (Å²) in [4.78, 5) is 0. The van der Waals surface area contributed by atoms with Crippen LogP contribution in [0.4, 0.5) is 0 Å². The van der Waals surface area contributed by atoms with Gasteiger partial charge >= 0.3 is 0 Å². The van der Waals surface area contributed by atoms with E-state index >= 15 is 0 Å². The highest BCUT2D eigenvalue weighted by Gasteiger charge is 2.18. The molecule has 0 aliphatic carbocycles. The average molecular weight is 243 g/mol. The maximum atomic E-state index is 9.97. The smallest absolute Gasteiger partial charge is 0.0791 e. The molecule has 0 aliphatic heterocycles. The number of rotatable bonds is 5. The Labute approximate surface area is 102 Å². The second-order valence-electron chi connectivity index (χ2n) is 4.57. The summed E-state index contributed by atoms with van der Waals surface area (Å²) < 4.78 is 5.31. The van der Waals surface area contributed by atoms with Gasteiger partial charge in [0.05, 0.1) is 11.7 Å². The Kier molecular flexibility index (Phi) is 4.78. The number of ether oxygens (including phenoxy) is 1. The molecule has 1 aromatic carbocycles. The third-order valence-electron chi connectivity index (χ3n) is 2.83. The summed E-state index contributed by atoms with van der Waals surface area (Å²) in [5.74, 6) is 0. The minimum atomic E-state index is -0.452. The molecular formula is C13H19ClO2. The molecule has 0 heterocycles. The van der Waals surface area contributed by atoms with E-state index in [-0.39, 0.29) is 5.60 Å². The first-order valence-corrected chi connectivity index (χ1v) is 5.81. The van der Waals surface area contributed by atoms with Crippen molar-refractivity contribution in [3.8, 4) is 0 Å². The van der Waals surface area contributed by atoms with Crippen LogP contribution in [-0.4, -0.2) is 17.8 Å². The first-order valence-electron chi connectivity index (χ1n) is 5.43. The van der Waals surface area contributed by atoms with Crippen LogP contribution >= 0.6 is 11.6 Å². The highest BCUT2D eigenvalue weighted by Crippen LogP contribution is 2.25. The van der Waals surface area contributed by atoms with Crippen LogP contribution in [0.1, 0.15) is 38.4 Å². The molecule has 1 rings (SSSR count). The summed E-state index contributed by atoms with van der Waals surface area (Å²) in [6, 6.07) is 7.29. The van der Waals surface area contributed by atoms with E-state index in [1.165, 1.54) is 0 Å². The summed E-state index contributed by atoms with van der Waals surface area (Å²) in [6.07, 6.45) is 1.04. The lowest BCUT2D eigenvalue weighted by atomic mass is 9.97. The van der Waals surface area contributed by atoms with Crippen LogP contribution in [0, 0.1) is 0 Å². The van der Waals surface area contributed by atoms with Gasteiger partial charge in [0.15, 0.2) is 0 Å². The summed E-state index contributed by atoms with van der Waals surface area (Å²) in [6.45, 7) is 4.03. The second-order valence-corrected chi connectivity index (χ2v) is 5.01. The number of methoxy groups -OCH3 is 1. The van der Waals surface area contributed by atoms with Crippen molar-refractivity contribution < 1.29 is 9.84 Å². The standard InChI is InChI=1S/C13H19ClO2/c1-13(2,16-3)9-8-12(15)10-4-6-11(14)7-5-10/h4-7,12,15H,8-9H2,1-3H3. The van der Waals surface area contributed by atoms with Crippen molar-refractivity contribution in [2.75, 3.05) is 7.11 Å². The van der Waals surface area contributed by atoms with Crippen LogP contribution in [0.15, 0.2) is 24.3 Å². The Hall–Kier alpha value is -0.570. The number of aliphatic hydroxyl groups excluding tert-OH is 1. The molecule has 1 N–H and O–H groups in total. The number of hydrogen-bond donors (Lipinski definition) is 1. The van der Waals surface area contributed by atoms with E-state index in [2.05, 4.69) is 0 Å². The molecule has 0 aliphatic rings. The van der Waals surface area contributed by atoms with E-state index in [1.807, 2.05) is 26.0 Å². The number of benzene rings is 1. The maximum Gasteiger partial charge on any atom is 0.0791 e. The van der Waals surface area contributed by atoms with Gasteiger partial charge in [-0.1, -0.05) is 23.7 Å². The highest BCUT2D eigenvalue weighted by atomic mass is 35.5. The fraction of sp³-hybridized carbons (Fsp3) is 0.538. The molecule has 0 bridgehead atoms. The van der Waals surface area contributed by atoms with E-state index in [4.69, 9.17) is 16.3 Å². The summed E-state index contributed by atoms with van der Waals surface area (Å²) in [5.41, 5.74) is 0.712. The van der Waals surface area contributed by atoms with Crippen molar-refractivity contribution in [3.63, 3.8) is 0 Å². The van der Waals surface area contributed by atoms with Crippen molar-refractivity contribution in [3.05, 3.63) is 34.9 Å². The number of halogens is 1. The molecule has 1 atom stereocenters. The van der Waals surface area contributed by atoms with Crippen LogP contribution in [0.25, 0.3) is 0 Å². The van der Waals surface area contributed by atoms with E-state index in [9.17, 15) is 5.11 Å². The van der Waals surface area contributed by atoms with Gasteiger partial charge in [0.25, 0.3) is 0 Å². The molecule has 0 radical (unpaired) electrons. The third-order valence-corrected chi connectivity index (χ3v) is 3.08. The van der Waals surface area contributed by atoms with Crippen LogP contribution in [0.2, 0.25) is 5.02 Å². The predicted octanol–water partition coefficient (Wildman–Crippen LogP) is 3.58. The molecule has 0 aromatic heterocycles. The topological polar surface area (TPSA) is 29.5 Å². The normalized spacial score (nSPS) is 13.8. The van der Waals surface area contributed by atoms with E-state index in [1.54, 1.807) is 19.2 Å². The van der Waals surface area contributed by atoms with Gasteiger partial charge in [-0.2, -0.15) is 0 Å². The third kappa shape index (κ3) is 4.12. The van der Waals surface area contributed by atoms with Gasteiger partial charge in [0, 0.05) is 12.1 Å². The van der Waals surface area contributed by atoms with Crippen molar-refractivity contribution >= 4 is 11.6 Å². The van der Waals surface area contributed by atoms with E-state index < -0.39 is 6.10 Å². The second kappa shape index (κ2) is 5.67. The number of hydrogen-bond acceptors (Lipinski definition) is 2. The monoisotopic (exact) mass is 242 g/mol. The Balaban J connectivity index is 2.53. The van der Waals surface area contributed by atoms with Gasteiger partial charge in [0.2, 0.25) is 0 Å².